The van der Waals surface area contributed by atoms with Crippen molar-refractivity contribution < 1.29 is 4.74 Å². The Morgan fingerprint density at radius 3 is 2.96 bits per heavy atom. The van der Waals surface area contributed by atoms with Crippen molar-refractivity contribution in [3.63, 3.8) is 0 Å². The van der Waals surface area contributed by atoms with Crippen LogP contribution in [0.25, 0.3) is 11.2 Å². The van der Waals surface area contributed by atoms with Crippen LogP contribution in [0.2, 0.25) is 0 Å². The highest BCUT2D eigenvalue weighted by Crippen LogP contribution is 2.28. The van der Waals surface area contributed by atoms with Crippen molar-refractivity contribution in [3.05, 3.63) is 71.6 Å². The highest BCUT2D eigenvalue weighted by Gasteiger charge is 2.13. The molecule has 0 unspecified atom stereocenters. The molecule has 0 saturated heterocycles. The molecule has 2 aromatic heterocycles. The second kappa shape index (κ2) is 6.73. The molecule has 26 heavy (non-hydrogen) atoms. The van der Waals surface area contributed by atoms with Gasteiger partial charge in [0.1, 0.15) is 11.8 Å². The lowest BCUT2D eigenvalue weighted by Crippen LogP contribution is -1.99. The molecule has 1 aliphatic rings. The Labute approximate surface area is 151 Å². The van der Waals surface area contributed by atoms with Crippen molar-refractivity contribution in [1.82, 2.24) is 14.6 Å². The molecule has 0 saturated carbocycles. The Kier molecular flexibility index (Phi) is 4.12. The molecule has 0 fully saturated rings. The minimum Gasteiger partial charge on any atom is -0.500 e. The number of nitriles is 1. The number of allylic oxidation sites excluding steroid dienone is 4. The second-order valence-electron chi connectivity index (χ2n) is 5.92. The van der Waals surface area contributed by atoms with Gasteiger partial charge in [-0.05, 0) is 30.7 Å². The van der Waals surface area contributed by atoms with Crippen LogP contribution in [0.5, 0.6) is 0 Å². The van der Waals surface area contributed by atoms with Crippen LogP contribution in [-0.4, -0.2) is 21.7 Å². The highest BCUT2D eigenvalue weighted by atomic mass is 16.5. The van der Waals surface area contributed by atoms with Crippen LogP contribution in [0.15, 0.2) is 60.5 Å². The molecular weight excluding hydrogens is 326 g/mol. The zero-order valence-electron chi connectivity index (χ0n) is 14.3. The third kappa shape index (κ3) is 2.91. The minimum absolute atomic E-state index is 0.449. The van der Waals surface area contributed by atoms with Crippen molar-refractivity contribution in [2.24, 2.45) is 0 Å². The molecule has 4 rings (SSSR count). The normalized spacial score (nSPS) is 13.7. The summed E-state index contributed by atoms with van der Waals surface area (Å²) in [5.41, 5.74) is 4.06. The molecule has 128 valence electrons. The van der Waals surface area contributed by atoms with Crippen LogP contribution < -0.4 is 5.32 Å². The van der Waals surface area contributed by atoms with Gasteiger partial charge in [-0.3, -0.25) is 0 Å². The van der Waals surface area contributed by atoms with Gasteiger partial charge in [-0.1, -0.05) is 24.3 Å². The molecule has 0 radical (unpaired) electrons. The summed E-state index contributed by atoms with van der Waals surface area (Å²) < 4.78 is 7.25. The fourth-order valence-electron chi connectivity index (χ4n) is 3.02. The molecule has 6 nitrogen and oxygen atoms in total. The van der Waals surface area contributed by atoms with E-state index in [1.807, 2.05) is 36.5 Å². The molecule has 2 heterocycles. The van der Waals surface area contributed by atoms with Crippen LogP contribution in [0.4, 0.5) is 11.6 Å². The van der Waals surface area contributed by atoms with E-state index in [4.69, 9.17) is 4.74 Å². The van der Waals surface area contributed by atoms with Crippen molar-refractivity contribution in [3.8, 4) is 6.07 Å². The first-order chi connectivity index (χ1) is 12.8. The van der Waals surface area contributed by atoms with E-state index < -0.39 is 0 Å². The summed E-state index contributed by atoms with van der Waals surface area (Å²) in [4.78, 5) is 4.47. The largest absolute Gasteiger partial charge is 0.500 e. The van der Waals surface area contributed by atoms with E-state index in [-0.39, 0.29) is 0 Å². The van der Waals surface area contributed by atoms with Gasteiger partial charge in [-0.2, -0.15) is 10.2 Å². The minimum atomic E-state index is 0.449. The Morgan fingerprint density at radius 2 is 2.12 bits per heavy atom. The molecule has 3 aromatic rings. The lowest BCUT2D eigenvalue weighted by atomic mass is 9.99. The summed E-state index contributed by atoms with van der Waals surface area (Å²) >= 11 is 0. The summed E-state index contributed by atoms with van der Waals surface area (Å²) in [5.74, 6) is 1.43. The van der Waals surface area contributed by atoms with Gasteiger partial charge < -0.3 is 10.1 Å². The van der Waals surface area contributed by atoms with E-state index in [2.05, 4.69) is 33.6 Å². The predicted octanol–water partition coefficient (Wildman–Crippen LogP) is 4.05. The van der Waals surface area contributed by atoms with E-state index >= 15 is 0 Å². The van der Waals surface area contributed by atoms with Crippen molar-refractivity contribution in [2.45, 2.75) is 12.8 Å². The number of para-hydroxylation sites is 1. The highest BCUT2D eigenvalue weighted by molar-refractivity contribution is 5.77. The number of rotatable bonds is 4. The second-order valence-corrected chi connectivity index (χ2v) is 5.92. The molecule has 0 spiro atoms. The van der Waals surface area contributed by atoms with Gasteiger partial charge in [0.15, 0.2) is 5.65 Å². The van der Waals surface area contributed by atoms with Gasteiger partial charge in [0, 0.05) is 23.8 Å². The van der Waals surface area contributed by atoms with Gasteiger partial charge in [0.05, 0.1) is 18.4 Å². The first kappa shape index (κ1) is 15.9. The maximum Gasteiger partial charge on any atom is 0.247 e. The van der Waals surface area contributed by atoms with E-state index in [0.717, 1.165) is 35.4 Å². The Bertz CT molecular complexity index is 1070. The standard InChI is InChI=1S/C20H17N5O/c1-26-18-9-5-3-7-16(18)15-10-11-19-23-20(24-25(19)13-15)22-17-8-4-2-6-14(17)12-21/h2-4,6-8,10-11,13H,5,9H2,1H3,(H,22,24). The predicted molar refractivity (Wildman–Crippen MR) is 99.7 cm³/mol. The first-order valence-corrected chi connectivity index (χ1v) is 8.35. The maximum absolute atomic E-state index is 9.21. The molecular formula is C20H17N5O. The number of anilines is 2. The van der Waals surface area contributed by atoms with Gasteiger partial charge >= 0.3 is 0 Å². The molecule has 6 heteroatoms. The van der Waals surface area contributed by atoms with E-state index in [1.54, 1.807) is 17.7 Å². The fourth-order valence-corrected chi connectivity index (χ4v) is 3.02. The average Bonchev–Trinajstić information content (AvgIpc) is 3.09. The average molecular weight is 343 g/mol. The zero-order valence-corrected chi connectivity index (χ0v) is 14.3. The number of fused-ring (bicyclic) bond motifs is 1. The summed E-state index contributed by atoms with van der Waals surface area (Å²) in [6, 6.07) is 13.4. The quantitative estimate of drug-likeness (QED) is 0.773. The monoisotopic (exact) mass is 343 g/mol. The van der Waals surface area contributed by atoms with E-state index in [0.29, 0.717) is 17.2 Å². The topological polar surface area (TPSA) is 75.2 Å². The van der Waals surface area contributed by atoms with Crippen molar-refractivity contribution in [2.75, 3.05) is 12.4 Å². The molecule has 0 aliphatic heterocycles. The number of benzene rings is 1. The Balaban J connectivity index is 1.70. The van der Waals surface area contributed by atoms with Gasteiger partial charge in [0.2, 0.25) is 5.95 Å². The van der Waals surface area contributed by atoms with Gasteiger partial charge in [-0.25, -0.2) is 4.52 Å². The number of pyridine rings is 1. The van der Waals surface area contributed by atoms with E-state index in [1.165, 1.54) is 0 Å². The summed E-state index contributed by atoms with van der Waals surface area (Å²) in [6.07, 6.45) is 8.06. The summed E-state index contributed by atoms with van der Waals surface area (Å²) in [5, 5.41) is 16.8. The summed E-state index contributed by atoms with van der Waals surface area (Å²) in [7, 11) is 1.71. The van der Waals surface area contributed by atoms with Crippen LogP contribution in [0.1, 0.15) is 24.0 Å². The van der Waals surface area contributed by atoms with Gasteiger partial charge in [0.25, 0.3) is 0 Å². The number of nitrogens with zero attached hydrogens (tertiary/aromatic N) is 4. The number of nitrogens with one attached hydrogen (secondary N) is 1. The number of methoxy groups -OCH3 is 1. The van der Waals surface area contributed by atoms with Crippen LogP contribution in [0, 0.1) is 11.3 Å². The number of hydrogen-bond acceptors (Lipinski definition) is 5. The third-order valence-corrected chi connectivity index (χ3v) is 4.31. The molecule has 0 amide bonds. The van der Waals surface area contributed by atoms with Crippen LogP contribution >= 0.6 is 0 Å². The fraction of sp³-hybridized carbons (Fsp3) is 0.150. The maximum atomic E-state index is 9.21. The Hall–Kier alpha value is -3.59. The van der Waals surface area contributed by atoms with E-state index in [9.17, 15) is 5.26 Å². The number of hydrogen-bond donors (Lipinski definition) is 1. The smallest absolute Gasteiger partial charge is 0.247 e. The molecule has 0 atom stereocenters. The van der Waals surface area contributed by atoms with Crippen molar-refractivity contribution >= 4 is 22.9 Å². The van der Waals surface area contributed by atoms with Crippen LogP contribution in [-0.2, 0) is 4.74 Å². The third-order valence-electron chi connectivity index (χ3n) is 4.31. The van der Waals surface area contributed by atoms with Crippen molar-refractivity contribution in [1.29, 1.82) is 5.26 Å². The Morgan fingerprint density at radius 1 is 1.23 bits per heavy atom. The first-order valence-electron chi connectivity index (χ1n) is 8.35. The number of ether oxygens (including phenoxy) is 1. The molecule has 0 bridgehead atoms. The van der Waals surface area contributed by atoms with Gasteiger partial charge in [-0.15, -0.1) is 5.10 Å². The zero-order chi connectivity index (χ0) is 17.9. The lowest BCUT2D eigenvalue weighted by molar-refractivity contribution is 0.279. The number of aromatic nitrogens is 3. The molecule has 1 aromatic carbocycles. The lowest BCUT2D eigenvalue weighted by Gasteiger charge is -2.14. The SMILES string of the molecule is COC1=C(c2ccc3nc(Nc4ccccc4C#N)nn3c2)C=CCC1. The molecule has 1 N–H and O–H groups in total. The molecule has 1 aliphatic carbocycles. The summed E-state index contributed by atoms with van der Waals surface area (Å²) in [6.45, 7) is 0. The van der Waals surface area contributed by atoms with Crippen LogP contribution in [0.3, 0.4) is 0 Å².